The van der Waals surface area contributed by atoms with Crippen molar-refractivity contribution >= 4 is 50.7 Å². The molecule has 1 atom stereocenters. The summed E-state index contributed by atoms with van der Waals surface area (Å²) in [5, 5.41) is 10.0. The monoisotopic (exact) mass is 437 g/mol. The lowest BCUT2D eigenvalue weighted by molar-refractivity contribution is -0.125. The molecule has 0 aliphatic carbocycles. The summed E-state index contributed by atoms with van der Waals surface area (Å²) < 4.78 is 0.930. The zero-order chi connectivity index (χ0) is 19.1. The molecule has 138 valence electrons. The maximum Gasteiger partial charge on any atom is 0.243 e. The van der Waals surface area contributed by atoms with Gasteiger partial charge < -0.3 is 16.0 Å². The van der Waals surface area contributed by atoms with Gasteiger partial charge in [-0.15, -0.1) is 11.3 Å². The Kier molecular flexibility index (Phi) is 7.35. The number of thiophene rings is 1. The SMILES string of the molecule is CC(=O)N[C@H](CC(=O)NCC(=O)Nc1ccc(Br)cc1C)c1cccs1. The predicted octanol–water partition coefficient (Wildman–Crippen LogP) is 3.14. The Morgan fingerprint density at radius 2 is 1.96 bits per heavy atom. The van der Waals surface area contributed by atoms with Crippen LogP contribution in [0, 0.1) is 6.92 Å². The molecular weight excluding hydrogens is 418 g/mol. The zero-order valence-electron chi connectivity index (χ0n) is 14.5. The average Bonchev–Trinajstić information content (AvgIpc) is 3.09. The van der Waals surface area contributed by atoms with E-state index in [0.717, 1.165) is 14.9 Å². The molecule has 1 heterocycles. The number of benzene rings is 1. The molecule has 3 amide bonds. The minimum Gasteiger partial charge on any atom is -0.348 e. The van der Waals surface area contributed by atoms with Crippen LogP contribution in [0.3, 0.4) is 0 Å². The second-order valence-electron chi connectivity index (χ2n) is 5.76. The number of carbonyl (C=O) groups is 3. The van der Waals surface area contributed by atoms with Gasteiger partial charge in [-0.3, -0.25) is 14.4 Å². The third-order valence-electron chi connectivity index (χ3n) is 3.56. The first kappa shape index (κ1) is 20.1. The number of aryl methyl sites for hydroxylation is 1. The molecule has 1 aromatic carbocycles. The molecule has 0 saturated heterocycles. The normalized spacial score (nSPS) is 11.5. The maximum atomic E-state index is 12.2. The number of amides is 3. The predicted molar refractivity (Wildman–Crippen MR) is 106 cm³/mol. The highest BCUT2D eigenvalue weighted by Crippen LogP contribution is 2.22. The Morgan fingerprint density at radius 1 is 1.19 bits per heavy atom. The van der Waals surface area contributed by atoms with Crippen LogP contribution in [0.2, 0.25) is 0 Å². The van der Waals surface area contributed by atoms with E-state index in [2.05, 4.69) is 31.9 Å². The van der Waals surface area contributed by atoms with Gasteiger partial charge in [0.2, 0.25) is 17.7 Å². The lowest BCUT2D eigenvalue weighted by Gasteiger charge is -2.16. The van der Waals surface area contributed by atoms with E-state index >= 15 is 0 Å². The molecule has 6 nitrogen and oxygen atoms in total. The van der Waals surface area contributed by atoms with Gasteiger partial charge in [-0.25, -0.2) is 0 Å². The minimum atomic E-state index is -0.399. The highest BCUT2D eigenvalue weighted by molar-refractivity contribution is 9.10. The van der Waals surface area contributed by atoms with Crippen molar-refractivity contribution in [1.29, 1.82) is 0 Å². The summed E-state index contributed by atoms with van der Waals surface area (Å²) in [5.41, 5.74) is 1.62. The first-order chi connectivity index (χ1) is 12.3. The van der Waals surface area contributed by atoms with E-state index in [4.69, 9.17) is 0 Å². The number of rotatable bonds is 7. The third-order valence-corrected chi connectivity index (χ3v) is 5.04. The van der Waals surface area contributed by atoms with Crippen LogP contribution in [-0.4, -0.2) is 24.3 Å². The molecule has 0 radical (unpaired) electrons. The maximum absolute atomic E-state index is 12.2. The molecule has 0 unspecified atom stereocenters. The number of anilines is 1. The fourth-order valence-electron chi connectivity index (χ4n) is 2.36. The van der Waals surface area contributed by atoms with Crippen molar-refractivity contribution in [1.82, 2.24) is 10.6 Å². The van der Waals surface area contributed by atoms with Gasteiger partial charge in [0.1, 0.15) is 0 Å². The van der Waals surface area contributed by atoms with E-state index in [9.17, 15) is 14.4 Å². The molecule has 3 N–H and O–H groups in total. The molecule has 0 aliphatic rings. The van der Waals surface area contributed by atoms with Crippen LogP contribution in [-0.2, 0) is 14.4 Å². The van der Waals surface area contributed by atoms with E-state index in [1.54, 1.807) is 6.07 Å². The van der Waals surface area contributed by atoms with Crippen molar-refractivity contribution in [3.8, 4) is 0 Å². The lowest BCUT2D eigenvalue weighted by Crippen LogP contribution is -2.36. The van der Waals surface area contributed by atoms with Gasteiger partial charge in [-0.05, 0) is 42.1 Å². The van der Waals surface area contributed by atoms with Gasteiger partial charge in [0.05, 0.1) is 19.0 Å². The highest BCUT2D eigenvalue weighted by atomic mass is 79.9. The third kappa shape index (κ3) is 6.27. The van der Waals surface area contributed by atoms with Crippen LogP contribution in [0.25, 0.3) is 0 Å². The van der Waals surface area contributed by atoms with Crippen LogP contribution < -0.4 is 16.0 Å². The van der Waals surface area contributed by atoms with Crippen molar-refractivity contribution in [2.24, 2.45) is 0 Å². The van der Waals surface area contributed by atoms with Gasteiger partial charge >= 0.3 is 0 Å². The molecule has 2 rings (SSSR count). The van der Waals surface area contributed by atoms with E-state index in [1.807, 2.05) is 36.6 Å². The number of nitrogens with one attached hydrogen (secondary N) is 3. The van der Waals surface area contributed by atoms with Crippen LogP contribution in [0.5, 0.6) is 0 Å². The number of hydrogen-bond acceptors (Lipinski definition) is 4. The van der Waals surface area contributed by atoms with Gasteiger partial charge in [0, 0.05) is 22.0 Å². The van der Waals surface area contributed by atoms with E-state index < -0.39 is 6.04 Å². The first-order valence-corrected chi connectivity index (χ1v) is 9.65. The van der Waals surface area contributed by atoms with Gasteiger partial charge in [-0.1, -0.05) is 22.0 Å². The van der Waals surface area contributed by atoms with E-state index in [0.29, 0.717) is 5.69 Å². The minimum absolute atomic E-state index is 0.0741. The van der Waals surface area contributed by atoms with Crippen LogP contribution in [0.4, 0.5) is 5.69 Å². The highest BCUT2D eigenvalue weighted by Gasteiger charge is 2.18. The fourth-order valence-corrected chi connectivity index (χ4v) is 3.61. The fraction of sp³-hybridized carbons (Fsp3) is 0.278. The van der Waals surface area contributed by atoms with Gasteiger partial charge in [-0.2, -0.15) is 0 Å². The summed E-state index contributed by atoms with van der Waals surface area (Å²) in [6, 6.07) is 8.85. The summed E-state index contributed by atoms with van der Waals surface area (Å²) in [5.74, 6) is -0.824. The molecule has 0 saturated carbocycles. The van der Waals surface area contributed by atoms with E-state index in [-0.39, 0.29) is 30.7 Å². The van der Waals surface area contributed by atoms with Crippen molar-refractivity contribution in [3.05, 3.63) is 50.6 Å². The first-order valence-electron chi connectivity index (χ1n) is 7.98. The lowest BCUT2D eigenvalue weighted by atomic mass is 10.1. The number of hydrogen-bond donors (Lipinski definition) is 3. The molecule has 2 aromatic rings. The molecular formula is C18H20BrN3O3S. The molecule has 0 bridgehead atoms. The Bertz CT molecular complexity index is 793. The van der Waals surface area contributed by atoms with Gasteiger partial charge in [0.25, 0.3) is 0 Å². The zero-order valence-corrected chi connectivity index (χ0v) is 16.9. The largest absolute Gasteiger partial charge is 0.348 e. The standard InChI is InChI=1S/C18H20BrN3O3S/c1-11-8-13(19)5-6-14(11)22-18(25)10-20-17(24)9-15(21-12(2)23)16-4-3-7-26-16/h3-8,15H,9-10H2,1-2H3,(H,20,24)(H,21,23)(H,22,25)/t15-/m1/s1. The molecule has 8 heteroatoms. The summed E-state index contributed by atoms with van der Waals surface area (Å²) in [4.78, 5) is 36.4. The molecule has 0 spiro atoms. The van der Waals surface area contributed by atoms with Gasteiger partial charge in [0.15, 0.2) is 0 Å². The Balaban J connectivity index is 1.86. The summed E-state index contributed by atoms with van der Waals surface area (Å²) >= 11 is 4.84. The Labute approximate surface area is 164 Å². The van der Waals surface area contributed by atoms with Crippen molar-refractivity contribution in [3.63, 3.8) is 0 Å². The van der Waals surface area contributed by atoms with Crippen LogP contribution >= 0.6 is 27.3 Å². The smallest absolute Gasteiger partial charge is 0.243 e. The molecule has 1 aromatic heterocycles. The Hall–Kier alpha value is -2.19. The topological polar surface area (TPSA) is 87.3 Å². The Morgan fingerprint density at radius 3 is 2.58 bits per heavy atom. The van der Waals surface area contributed by atoms with Crippen molar-refractivity contribution < 1.29 is 14.4 Å². The summed E-state index contributed by atoms with van der Waals surface area (Å²) in [7, 11) is 0. The van der Waals surface area contributed by atoms with Crippen molar-refractivity contribution in [2.75, 3.05) is 11.9 Å². The second kappa shape index (κ2) is 9.49. The molecule has 0 aliphatic heterocycles. The summed E-state index contributed by atoms with van der Waals surface area (Å²) in [6.45, 7) is 3.16. The van der Waals surface area contributed by atoms with Crippen LogP contribution in [0.1, 0.15) is 29.8 Å². The quantitative estimate of drug-likeness (QED) is 0.621. The summed E-state index contributed by atoms with van der Waals surface area (Å²) in [6.07, 6.45) is 0.0741. The average molecular weight is 438 g/mol. The van der Waals surface area contributed by atoms with E-state index in [1.165, 1.54) is 18.3 Å². The number of halogens is 1. The van der Waals surface area contributed by atoms with Crippen LogP contribution in [0.15, 0.2) is 40.2 Å². The van der Waals surface area contributed by atoms with Crippen molar-refractivity contribution in [2.45, 2.75) is 26.3 Å². The second-order valence-corrected chi connectivity index (χ2v) is 7.65. The number of carbonyl (C=O) groups excluding carboxylic acids is 3. The molecule has 26 heavy (non-hydrogen) atoms. The molecule has 0 fully saturated rings.